The van der Waals surface area contributed by atoms with Gasteiger partial charge in [-0.25, -0.2) is 9.97 Å². The second-order valence-corrected chi connectivity index (χ2v) is 20.1. The van der Waals surface area contributed by atoms with Gasteiger partial charge >= 0.3 is 0 Å². The summed E-state index contributed by atoms with van der Waals surface area (Å²) < 4.78 is 0. The fourth-order valence-electron chi connectivity index (χ4n) is 14.2. The van der Waals surface area contributed by atoms with Crippen molar-refractivity contribution in [3.8, 4) is 22.5 Å². The number of aryl methyl sites for hydroxylation is 4. The molecule has 11 aromatic rings. The van der Waals surface area contributed by atoms with E-state index in [0.29, 0.717) is 0 Å². The molecule has 0 N–H and O–H groups in total. The second kappa shape index (κ2) is 11.7. The third kappa shape index (κ3) is 3.99. The lowest BCUT2D eigenvalue weighted by molar-refractivity contribution is 1.26. The smallest absolute Gasteiger partial charge is 0.252 e. The van der Waals surface area contributed by atoms with Crippen LogP contribution in [-0.4, -0.2) is 30.1 Å². The number of nitrogens with zero attached hydrogens (tertiary/aromatic N) is 4. The van der Waals surface area contributed by atoms with Crippen LogP contribution in [0.4, 0.5) is 34.1 Å². The van der Waals surface area contributed by atoms with Gasteiger partial charge in [0.2, 0.25) is 13.4 Å². The van der Waals surface area contributed by atoms with Crippen LogP contribution in [-0.2, 0) is 0 Å². The average molecular weight is 846 g/mol. The van der Waals surface area contributed by atoms with Crippen molar-refractivity contribution in [2.75, 3.05) is 9.80 Å². The lowest BCUT2D eigenvalue weighted by Gasteiger charge is -2.52. The van der Waals surface area contributed by atoms with Crippen LogP contribution in [0.3, 0.4) is 0 Å². The van der Waals surface area contributed by atoms with Gasteiger partial charge in [0.25, 0.3) is 6.71 Å². The number of rotatable bonds is 0. The van der Waals surface area contributed by atoms with Crippen molar-refractivity contribution in [3.05, 3.63) is 174 Å². The number of anilines is 6. The van der Waals surface area contributed by atoms with Gasteiger partial charge in [-0.05, 0) is 123 Å². The van der Waals surface area contributed by atoms with Crippen LogP contribution in [0.2, 0.25) is 0 Å². The minimum Gasteiger partial charge on any atom is -0.312 e. The predicted molar refractivity (Wildman–Crippen MR) is 285 cm³/mol. The molecule has 2 aromatic heterocycles. The van der Waals surface area contributed by atoms with Gasteiger partial charge in [0.05, 0.1) is 22.4 Å². The van der Waals surface area contributed by atoms with E-state index in [0.717, 1.165) is 22.4 Å². The highest BCUT2D eigenvalue weighted by Crippen LogP contribution is 2.49. The fraction of sp³-hybridized carbons (Fsp3) is 0.0667. The van der Waals surface area contributed by atoms with E-state index in [1.807, 2.05) is 0 Å². The third-order valence-electron chi connectivity index (χ3n) is 16.7. The Morgan fingerprint density at radius 2 is 0.806 bits per heavy atom. The summed E-state index contributed by atoms with van der Waals surface area (Å²) in [4.78, 5) is 16.6. The minimum atomic E-state index is -0.00356. The molecular formula is C60H37B3N4. The maximum atomic E-state index is 5.64. The molecule has 0 saturated heterocycles. The molecule has 0 unspecified atom stereocenters. The van der Waals surface area contributed by atoms with Crippen molar-refractivity contribution in [1.29, 1.82) is 0 Å². The Morgan fingerprint density at radius 1 is 0.358 bits per heavy atom. The number of benzene rings is 9. The molecule has 0 spiro atoms. The Bertz CT molecular complexity index is 4000. The van der Waals surface area contributed by atoms with Crippen LogP contribution >= 0.6 is 0 Å². The largest absolute Gasteiger partial charge is 0.312 e. The third-order valence-corrected chi connectivity index (χ3v) is 16.7. The van der Waals surface area contributed by atoms with E-state index in [1.165, 1.54) is 149 Å². The van der Waals surface area contributed by atoms with Crippen molar-refractivity contribution in [2.24, 2.45) is 0 Å². The van der Waals surface area contributed by atoms with Gasteiger partial charge in [-0.3, -0.25) is 0 Å². The maximum Gasteiger partial charge on any atom is 0.252 e. The van der Waals surface area contributed by atoms with Crippen LogP contribution in [0.5, 0.6) is 0 Å². The fourth-order valence-corrected chi connectivity index (χ4v) is 14.2. The number of fused-ring (bicyclic) bond motifs is 20. The summed E-state index contributed by atoms with van der Waals surface area (Å²) in [5, 5.41) is 7.57. The van der Waals surface area contributed by atoms with E-state index in [1.54, 1.807) is 0 Å². The highest BCUT2D eigenvalue weighted by Gasteiger charge is 2.54. The molecule has 0 atom stereocenters. The highest BCUT2D eigenvalue weighted by atomic mass is 15.2. The first-order chi connectivity index (χ1) is 32.9. The number of hydrogen-bond acceptors (Lipinski definition) is 4. The van der Waals surface area contributed by atoms with Gasteiger partial charge in [0.15, 0.2) is 0 Å². The van der Waals surface area contributed by atoms with Crippen molar-refractivity contribution in [2.45, 2.75) is 27.7 Å². The van der Waals surface area contributed by atoms with Crippen LogP contribution in [0, 0.1) is 27.7 Å². The van der Waals surface area contributed by atoms with Crippen LogP contribution in [0.15, 0.2) is 152 Å². The molecular weight excluding hydrogens is 809 g/mol. The van der Waals surface area contributed by atoms with Crippen LogP contribution < -0.4 is 59.0 Å². The summed E-state index contributed by atoms with van der Waals surface area (Å²) in [5.41, 5.74) is 31.9. The molecule has 67 heavy (non-hydrogen) atoms. The molecule has 7 heteroatoms. The standard InChI is InChI=1S/C60H37B3N4/c1-30-19-23-46-42(27-30)63-43-28-31(2)20-24-47(43)67-49-26-22-35-37-16-10-12-33(4)56(37)65-58-39-14-6-8-18-41(39)62(53(49)51(35)58)45-29-44-59(54(63)60(45)67)66(46)48-25-21-34-36-15-9-11-32(3)55(36)64-57-38-13-5-7-17-40(38)61(44)52(48)50(34)57/h5-29H,1-4H3. The molecule has 0 saturated carbocycles. The Balaban J connectivity index is 1.09. The molecule has 8 heterocycles. The first-order valence-electron chi connectivity index (χ1n) is 23.9. The van der Waals surface area contributed by atoms with Gasteiger partial charge in [-0.2, -0.15) is 0 Å². The molecule has 6 aliphatic rings. The topological polar surface area (TPSA) is 32.3 Å². The van der Waals surface area contributed by atoms with Gasteiger partial charge in [-0.1, -0.05) is 149 Å². The van der Waals surface area contributed by atoms with Crippen molar-refractivity contribution in [1.82, 2.24) is 9.97 Å². The predicted octanol–water partition coefficient (Wildman–Crippen LogP) is 8.03. The normalized spacial score (nSPS) is 14.4. The number of hydrogen-bond donors (Lipinski definition) is 0. The highest BCUT2D eigenvalue weighted by molar-refractivity contribution is 7.08. The Morgan fingerprint density at radius 3 is 1.30 bits per heavy atom. The van der Waals surface area contributed by atoms with Crippen molar-refractivity contribution < 1.29 is 0 Å². The van der Waals surface area contributed by atoms with E-state index in [-0.39, 0.29) is 20.1 Å². The average Bonchev–Trinajstić information content (AvgIpc) is 3.35. The van der Waals surface area contributed by atoms with Gasteiger partial charge < -0.3 is 9.80 Å². The summed E-state index contributed by atoms with van der Waals surface area (Å²) in [6.45, 7) is 8.96. The van der Waals surface area contributed by atoms with Crippen LogP contribution in [0.1, 0.15) is 22.3 Å². The van der Waals surface area contributed by atoms with E-state index >= 15 is 0 Å². The zero-order chi connectivity index (χ0) is 43.9. The molecule has 9 aromatic carbocycles. The molecule has 0 amide bonds. The van der Waals surface area contributed by atoms with Gasteiger partial charge in [0.1, 0.15) is 0 Å². The van der Waals surface area contributed by atoms with Gasteiger partial charge in [0, 0.05) is 55.7 Å². The Labute approximate surface area is 388 Å². The van der Waals surface area contributed by atoms with Crippen molar-refractivity contribution in [3.63, 3.8) is 0 Å². The zero-order valence-corrected chi connectivity index (χ0v) is 37.5. The summed E-state index contributed by atoms with van der Waals surface area (Å²) in [5.74, 6) is 0. The summed E-state index contributed by atoms with van der Waals surface area (Å²) in [6, 6.07) is 58.6. The maximum absolute atomic E-state index is 5.64. The number of aromatic nitrogens is 2. The Kier molecular flexibility index (Phi) is 6.20. The zero-order valence-electron chi connectivity index (χ0n) is 37.5. The van der Waals surface area contributed by atoms with E-state index in [2.05, 4.69) is 189 Å². The summed E-state index contributed by atoms with van der Waals surface area (Å²) >= 11 is 0. The molecule has 306 valence electrons. The van der Waals surface area contributed by atoms with E-state index in [9.17, 15) is 0 Å². The van der Waals surface area contributed by atoms with Crippen LogP contribution in [0.25, 0.3) is 65.9 Å². The molecule has 17 rings (SSSR count). The number of para-hydroxylation sites is 2. The lowest BCUT2D eigenvalue weighted by Crippen LogP contribution is -2.72. The minimum absolute atomic E-state index is 0.00356. The molecule has 4 nitrogen and oxygen atoms in total. The van der Waals surface area contributed by atoms with Gasteiger partial charge in [-0.15, -0.1) is 0 Å². The first kappa shape index (κ1) is 35.4. The summed E-state index contributed by atoms with van der Waals surface area (Å²) in [7, 11) is 0. The molecule has 0 radical (unpaired) electrons. The second-order valence-electron chi connectivity index (χ2n) is 20.1. The summed E-state index contributed by atoms with van der Waals surface area (Å²) in [6.07, 6.45) is 0. The van der Waals surface area contributed by atoms with E-state index in [4.69, 9.17) is 9.97 Å². The van der Waals surface area contributed by atoms with E-state index < -0.39 is 0 Å². The molecule has 0 aliphatic carbocycles. The Hall–Kier alpha value is -7.89. The lowest BCUT2D eigenvalue weighted by atomic mass is 9.25. The first-order valence-corrected chi connectivity index (χ1v) is 23.9. The molecule has 0 bridgehead atoms. The monoisotopic (exact) mass is 846 g/mol. The quantitative estimate of drug-likeness (QED) is 0.114. The SMILES string of the molecule is Cc1ccc2c(c1)B1c3cc(C)ccc3N3c4ccc5c6c(nc7c(C)cccc75)-c5ccccc5B(c5cc7c(c1c53)N2c1ccc2c3c(nc5c(C)cccc52)-c2ccccc2B7c13)c46. The molecule has 6 aliphatic heterocycles. The number of pyridine rings is 2. The molecule has 0 fully saturated rings. The van der Waals surface area contributed by atoms with Crippen molar-refractivity contribution >= 4 is 147 Å².